The van der Waals surface area contributed by atoms with Crippen LogP contribution in [0.3, 0.4) is 0 Å². The second-order valence-electron chi connectivity index (χ2n) is 5.35. The van der Waals surface area contributed by atoms with Gasteiger partial charge in [0.25, 0.3) is 0 Å². The first-order valence-corrected chi connectivity index (χ1v) is 6.65. The fourth-order valence-corrected chi connectivity index (χ4v) is 2.66. The highest BCUT2D eigenvalue weighted by Gasteiger charge is 2.15. The summed E-state index contributed by atoms with van der Waals surface area (Å²) >= 11 is 0. The van der Waals surface area contributed by atoms with E-state index in [0.29, 0.717) is 6.42 Å². The molecule has 0 aromatic heterocycles. The Bertz CT molecular complexity index is 612. The average molecular weight is 275 g/mol. The Labute approximate surface area is 118 Å². The minimum Gasteiger partial charge on any atom is -0.324 e. The van der Waals surface area contributed by atoms with Crippen LogP contribution in [0.1, 0.15) is 33.9 Å². The molecule has 0 aliphatic rings. The van der Waals surface area contributed by atoms with E-state index in [0.717, 1.165) is 28.8 Å². The van der Waals surface area contributed by atoms with Crippen LogP contribution in [0, 0.1) is 32.4 Å². The van der Waals surface area contributed by atoms with Crippen LogP contribution in [0.5, 0.6) is 0 Å². The summed E-state index contributed by atoms with van der Waals surface area (Å²) in [5.74, 6) is -0.921. The van der Waals surface area contributed by atoms with E-state index in [9.17, 15) is 8.78 Å². The van der Waals surface area contributed by atoms with Crippen LogP contribution < -0.4 is 5.73 Å². The molecule has 0 saturated heterocycles. The van der Waals surface area contributed by atoms with Crippen molar-refractivity contribution in [1.82, 2.24) is 0 Å². The number of nitrogens with two attached hydrogens (primary N) is 1. The number of halogens is 2. The molecule has 2 N–H and O–H groups in total. The van der Waals surface area contributed by atoms with Crippen molar-refractivity contribution in [1.29, 1.82) is 0 Å². The van der Waals surface area contributed by atoms with Gasteiger partial charge >= 0.3 is 0 Å². The molecule has 106 valence electrons. The van der Waals surface area contributed by atoms with Crippen LogP contribution in [0.25, 0.3) is 0 Å². The molecular formula is C17H19F2N. The zero-order chi connectivity index (χ0) is 14.9. The van der Waals surface area contributed by atoms with Crippen molar-refractivity contribution in [2.24, 2.45) is 5.73 Å². The van der Waals surface area contributed by atoms with Gasteiger partial charge in [0.1, 0.15) is 11.6 Å². The zero-order valence-electron chi connectivity index (χ0n) is 12.0. The van der Waals surface area contributed by atoms with E-state index >= 15 is 0 Å². The van der Waals surface area contributed by atoms with Gasteiger partial charge in [-0.15, -0.1) is 0 Å². The van der Waals surface area contributed by atoms with Crippen LogP contribution in [-0.2, 0) is 6.42 Å². The standard InChI is InChI=1S/C17H19F2N/c1-10-6-11(2)14(12(3)7-10)9-17(20)15-8-13(18)4-5-16(15)19/h4-8,17H,9,20H2,1-3H3. The maximum atomic E-state index is 13.7. The lowest BCUT2D eigenvalue weighted by Gasteiger charge is -2.17. The molecular weight excluding hydrogens is 256 g/mol. The van der Waals surface area contributed by atoms with Crippen LogP contribution >= 0.6 is 0 Å². The van der Waals surface area contributed by atoms with Gasteiger partial charge in [0.2, 0.25) is 0 Å². The molecule has 0 aliphatic heterocycles. The summed E-state index contributed by atoms with van der Waals surface area (Å²) in [4.78, 5) is 0. The van der Waals surface area contributed by atoms with Crippen LogP contribution in [-0.4, -0.2) is 0 Å². The van der Waals surface area contributed by atoms with Gasteiger partial charge in [0, 0.05) is 11.6 Å². The van der Waals surface area contributed by atoms with Gasteiger partial charge < -0.3 is 5.73 Å². The lowest BCUT2D eigenvalue weighted by Crippen LogP contribution is -2.16. The fraction of sp³-hybridized carbons (Fsp3) is 0.294. The Hall–Kier alpha value is -1.74. The van der Waals surface area contributed by atoms with Crippen LogP contribution in [0.2, 0.25) is 0 Å². The molecule has 1 nitrogen and oxygen atoms in total. The predicted molar refractivity (Wildman–Crippen MR) is 77.6 cm³/mol. The molecule has 1 unspecified atom stereocenters. The maximum Gasteiger partial charge on any atom is 0.128 e. The summed E-state index contributed by atoms with van der Waals surface area (Å²) in [7, 11) is 0. The van der Waals surface area contributed by atoms with Crippen LogP contribution in [0.4, 0.5) is 8.78 Å². The molecule has 2 aromatic carbocycles. The normalized spacial score (nSPS) is 12.5. The largest absolute Gasteiger partial charge is 0.324 e. The van der Waals surface area contributed by atoms with E-state index in [2.05, 4.69) is 12.1 Å². The molecule has 0 saturated carbocycles. The lowest BCUT2D eigenvalue weighted by molar-refractivity contribution is 0.560. The third-order valence-corrected chi connectivity index (χ3v) is 3.62. The molecule has 0 heterocycles. The van der Waals surface area contributed by atoms with Crippen molar-refractivity contribution < 1.29 is 8.78 Å². The molecule has 3 heteroatoms. The van der Waals surface area contributed by atoms with Crippen LogP contribution in [0.15, 0.2) is 30.3 Å². The minimum absolute atomic E-state index is 0.226. The second kappa shape index (κ2) is 5.71. The van der Waals surface area contributed by atoms with E-state index in [1.165, 1.54) is 11.6 Å². The monoisotopic (exact) mass is 275 g/mol. The smallest absolute Gasteiger partial charge is 0.128 e. The minimum atomic E-state index is -0.550. The Balaban J connectivity index is 2.32. The summed E-state index contributed by atoms with van der Waals surface area (Å²) < 4.78 is 27.0. The van der Waals surface area contributed by atoms with Crippen molar-refractivity contribution in [3.8, 4) is 0 Å². The van der Waals surface area contributed by atoms with Gasteiger partial charge in [-0.05, 0) is 62.1 Å². The Kier molecular flexibility index (Phi) is 4.19. The van der Waals surface area contributed by atoms with Gasteiger partial charge in [-0.1, -0.05) is 17.7 Å². The summed E-state index contributed by atoms with van der Waals surface area (Å²) in [6, 6.07) is 7.02. The van der Waals surface area contributed by atoms with Gasteiger partial charge in [-0.3, -0.25) is 0 Å². The molecule has 20 heavy (non-hydrogen) atoms. The number of rotatable bonds is 3. The van der Waals surface area contributed by atoms with Gasteiger partial charge in [0.15, 0.2) is 0 Å². The summed E-state index contributed by atoms with van der Waals surface area (Å²) in [5.41, 5.74) is 10.9. The van der Waals surface area contributed by atoms with Crippen molar-refractivity contribution in [2.45, 2.75) is 33.2 Å². The molecule has 2 aromatic rings. The van der Waals surface area contributed by atoms with E-state index in [-0.39, 0.29) is 5.56 Å². The average Bonchev–Trinajstić information content (AvgIpc) is 2.36. The van der Waals surface area contributed by atoms with E-state index in [4.69, 9.17) is 5.73 Å². The molecule has 0 amide bonds. The quantitative estimate of drug-likeness (QED) is 0.895. The summed E-state index contributed by atoms with van der Waals surface area (Å²) in [6.07, 6.45) is 0.498. The first kappa shape index (κ1) is 14.7. The molecule has 2 rings (SSSR count). The molecule has 0 aliphatic carbocycles. The summed E-state index contributed by atoms with van der Waals surface area (Å²) in [6.45, 7) is 6.07. The topological polar surface area (TPSA) is 26.0 Å². The SMILES string of the molecule is Cc1cc(C)c(CC(N)c2cc(F)ccc2F)c(C)c1. The fourth-order valence-electron chi connectivity index (χ4n) is 2.66. The van der Waals surface area contributed by atoms with Crippen molar-refractivity contribution in [3.63, 3.8) is 0 Å². The van der Waals surface area contributed by atoms with E-state index < -0.39 is 17.7 Å². The van der Waals surface area contributed by atoms with Gasteiger partial charge in [-0.25, -0.2) is 8.78 Å². The highest BCUT2D eigenvalue weighted by atomic mass is 19.1. The molecule has 1 atom stereocenters. The van der Waals surface area contributed by atoms with E-state index in [1.54, 1.807) is 0 Å². The number of aryl methyl sites for hydroxylation is 3. The Morgan fingerprint density at radius 2 is 1.60 bits per heavy atom. The third-order valence-electron chi connectivity index (χ3n) is 3.62. The molecule has 0 fully saturated rings. The van der Waals surface area contributed by atoms with Gasteiger partial charge in [0.05, 0.1) is 0 Å². The maximum absolute atomic E-state index is 13.7. The van der Waals surface area contributed by atoms with Crippen molar-refractivity contribution in [3.05, 3.63) is 69.8 Å². The second-order valence-corrected chi connectivity index (χ2v) is 5.35. The summed E-state index contributed by atoms with van der Waals surface area (Å²) in [5, 5.41) is 0. The van der Waals surface area contributed by atoms with E-state index in [1.807, 2.05) is 20.8 Å². The van der Waals surface area contributed by atoms with Crippen molar-refractivity contribution in [2.75, 3.05) is 0 Å². The zero-order valence-corrected chi connectivity index (χ0v) is 12.0. The third kappa shape index (κ3) is 3.05. The molecule has 0 bridgehead atoms. The Morgan fingerprint density at radius 1 is 1.00 bits per heavy atom. The number of hydrogen-bond donors (Lipinski definition) is 1. The van der Waals surface area contributed by atoms with Gasteiger partial charge in [-0.2, -0.15) is 0 Å². The molecule has 0 radical (unpaired) electrons. The highest BCUT2D eigenvalue weighted by molar-refractivity contribution is 5.39. The number of hydrogen-bond acceptors (Lipinski definition) is 1. The molecule has 0 spiro atoms. The first-order chi connectivity index (χ1) is 9.38. The van der Waals surface area contributed by atoms with Crippen molar-refractivity contribution >= 4 is 0 Å². The number of benzene rings is 2. The Morgan fingerprint density at radius 3 is 2.20 bits per heavy atom. The lowest BCUT2D eigenvalue weighted by atomic mass is 9.92. The first-order valence-electron chi connectivity index (χ1n) is 6.65. The predicted octanol–water partition coefficient (Wildman–Crippen LogP) is 4.13. The highest BCUT2D eigenvalue weighted by Crippen LogP contribution is 2.24.